The molecular weight excluding hydrogens is 502 g/mol. The van der Waals surface area contributed by atoms with E-state index in [0.717, 1.165) is 13.1 Å². The molecule has 10 nitrogen and oxygen atoms in total. The highest BCUT2D eigenvalue weighted by Gasteiger charge is 2.46. The standard InChI is InChI=1S/C29H39N3O7/c1-8-31(9-2)14-15-32-25(19-12-13-20(38-10-3)21(16-19)37-7)23(27(34)28(32)35)26(33)22-17(5)24(30-18(22)6)29(36)39-11-4/h12-13,16,25,30,33H,8-11,14-15H2,1-7H3. The molecule has 0 radical (unpaired) electrons. The summed E-state index contributed by atoms with van der Waals surface area (Å²) in [4.78, 5) is 46.0. The van der Waals surface area contributed by atoms with Gasteiger partial charge in [0.25, 0.3) is 11.7 Å². The second-order valence-corrected chi connectivity index (χ2v) is 9.21. The number of carbonyl (C=O) groups excluding carboxylic acids is 3. The van der Waals surface area contributed by atoms with Crippen LogP contribution in [0, 0.1) is 13.8 Å². The zero-order valence-corrected chi connectivity index (χ0v) is 23.8. The molecule has 0 spiro atoms. The van der Waals surface area contributed by atoms with E-state index >= 15 is 0 Å². The van der Waals surface area contributed by atoms with Crippen LogP contribution in [-0.2, 0) is 14.3 Å². The Morgan fingerprint density at radius 3 is 2.36 bits per heavy atom. The third-order valence-corrected chi connectivity index (χ3v) is 7.05. The van der Waals surface area contributed by atoms with Crippen molar-refractivity contribution in [2.24, 2.45) is 0 Å². The van der Waals surface area contributed by atoms with Crippen LogP contribution in [0.4, 0.5) is 0 Å². The first-order valence-corrected chi connectivity index (χ1v) is 13.3. The minimum Gasteiger partial charge on any atom is -0.507 e. The lowest BCUT2D eigenvalue weighted by Gasteiger charge is -2.28. The summed E-state index contributed by atoms with van der Waals surface area (Å²) in [6, 6.07) is 4.35. The summed E-state index contributed by atoms with van der Waals surface area (Å²) in [7, 11) is 1.52. The van der Waals surface area contributed by atoms with Gasteiger partial charge in [-0.25, -0.2) is 4.79 Å². The number of nitrogens with one attached hydrogen (secondary N) is 1. The van der Waals surface area contributed by atoms with Crippen molar-refractivity contribution >= 4 is 23.4 Å². The van der Waals surface area contributed by atoms with Crippen LogP contribution in [0.15, 0.2) is 23.8 Å². The van der Waals surface area contributed by atoms with E-state index in [1.54, 1.807) is 39.0 Å². The molecule has 1 unspecified atom stereocenters. The Kier molecular flexibility index (Phi) is 9.80. The number of aromatic nitrogens is 1. The van der Waals surface area contributed by atoms with Crippen molar-refractivity contribution < 1.29 is 33.7 Å². The third kappa shape index (κ3) is 5.80. The van der Waals surface area contributed by atoms with E-state index in [9.17, 15) is 19.5 Å². The summed E-state index contributed by atoms with van der Waals surface area (Å²) < 4.78 is 16.3. The number of esters is 1. The van der Waals surface area contributed by atoms with Crippen molar-refractivity contribution in [2.75, 3.05) is 46.5 Å². The van der Waals surface area contributed by atoms with E-state index in [1.807, 2.05) is 20.8 Å². The maximum atomic E-state index is 13.5. The van der Waals surface area contributed by atoms with E-state index in [-0.39, 0.29) is 30.2 Å². The normalized spacial score (nSPS) is 16.7. The molecule has 0 saturated carbocycles. The number of aryl methyl sites for hydroxylation is 1. The summed E-state index contributed by atoms with van der Waals surface area (Å²) in [6.45, 7) is 14.0. The quantitative estimate of drug-likeness (QED) is 0.179. The molecule has 2 N–H and O–H groups in total. The van der Waals surface area contributed by atoms with Gasteiger partial charge in [0, 0.05) is 24.3 Å². The lowest BCUT2D eigenvalue weighted by atomic mass is 9.93. The van der Waals surface area contributed by atoms with Gasteiger partial charge in [0.2, 0.25) is 0 Å². The van der Waals surface area contributed by atoms with E-state index in [4.69, 9.17) is 14.2 Å². The highest BCUT2D eigenvalue weighted by atomic mass is 16.5. The molecule has 2 heterocycles. The lowest BCUT2D eigenvalue weighted by molar-refractivity contribution is -0.140. The van der Waals surface area contributed by atoms with Gasteiger partial charge in [-0.3, -0.25) is 9.59 Å². The first kappa shape index (κ1) is 29.8. The van der Waals surface area contributed by atoms with Crippen molar-refractivity contribution in [1.29, 1.82) is 0 Å². The number of aromatic amines is 1. The second kappa shape index (κ2) is 12.8. The predicted octanol–water partition coefficient (Wildman–Crippen LogP) is 3.98. The fourth-order valence-electron chi connectivity index (χ4n) is 5.02. The fourth-order valence-corrected chi connectivity index (χ4v) is 5.02. The first-order valence-electron chi connectivity index (χ1n) is 13.3. The molecular formula is C29H39N3O7. The summed E-state index contributed by atoms with van der Waals surface area (Å²) in [5, 5.41) is 11.6. The highest BCUT2D eigenvalue weighted by molar-refractivity contribution is 6.46. The van der Waals surface area contributed by atoms with Crippen LogP contribution < -0.4 is 9.47 Å². The van der Waals surface area contributed by atoms with Crippen molar-refractivity contribution in [2.45, 2.75) is 47.6 Å². The number of hydrogen-bond donors (Lipinski definition) is 2. The number of ether oxygens (including phenoxy) is 3. The number of H-pyrrole nitrogens is 1. The molecule has 0 bridgehead atoms. The molecule has 1 amide bonds. The maximum absolute atomic E-state index is 13.5. The Morgan fingerprint density at radius 1 is 1.08 bits per heavy atom. The molecule has 1 aromatic heterocycles. The van der Waals surface area contributed by atoms with Gasteiger partial charge in [-0.15, -0.1) is 0 Å². The van der Waals surface area contributed by atoms with E-state index in [2.05, 4.69) is 9.88 Å². The minimum absolute atomic E-state index is 0.0497. The number of likely N-dealkylation sites (N-methyl/N-ethyl adjacent to an activating group) is 1. The van der Waals surface area contributed by atoms with E-state index in [1.165, 1.54) is 12.0 Å². The van der Waals surface area contributed by atoms with Gasteiger partial charge < -0.3 is 34.1 Å². The number of methoxy groups -OCH3 is 1. The Bertz CT molecular complexity index is 1260. The van der Waals surface area contributed by atoms with Crippen molar-refractivity contribution in [3.63, 3.8) is 0 Å². The van der Waals surface area contributed by atoms with Crippen LogP contribution in [0.2, 0.25) is 0 Å². The highest BCUT2D eigenvalue weighted by Crippen LogP contribution is 2.43. The molecule has 212 valence electrons. The molecule has 1 aliphatic heterocycles. The number of nitrogens with zero attached hydrogens (tertiary/aromatic N) is 2. The molecule has 1 atom stereocenters. The maximum Gasteiger partial charge on any atom is 0.355 e. The van der Waals surface area contributed by atoms with Crippen LogP contribution in [0.25, 0.3) is 5.76 Å². The first-order chi connectivity index (χ1) is 18.6. The number of amides is 1. The number of likely N-dealkylation sites (tertiary alicyclic amines) is 1. The van der Waals surface area contributed by atoms with Gasteiger partial charge in [0.05, 0.1) is 31.9 Å². The second-order valence-electron chi connectivity index (χ2n) is 9.21. The molecule has 1 fully saturated rings. The number of Topliss-reactive ketones (excluding diaryl/α,β-unsaturated/α-hetero) is 1. The minimum atomic E-state index is -0.870. The molecule has 1 saturated heterocycles. The number of benzene rings is 1. The van der Waals surface area contributed by atoms with Crippen molar-refractivity contribution in [3.8, 4) is 11.5 Å². The predicted molar refractivity (Wildman–Crippen MR) is 147 cm³/mol. The van der Waals surface area contributed by atoms with E-state index < -0.39 is 23.7 Å². The van der Waals surface area contributed by atoms with Gasteiger partial charge in [0.15, 0.2) is 11.5 Å². The molecule has 1 aromatic carbocycles. The van der Waals surface area contributed by atoms with E-state index in [0.29, 0.717) is 47.0 Å². The summed E-state index contributed by atoms with van der Waals surface area (Å²) >= 11 is 0. The Hall–Kier alpha value is -3.79. The van der Waals surface area contributed by atoms with Gasteiger partial charge in [-0.2, -0.15) is 0 Å². The van der Waals surface area contributed by atoms with Gasteiger partial charge in [0.1, 0.15) is 11.5 Å². The summed E-state index contributed by atoms with van der Waals surface area (Å²) in [5.74, 6) is -1.42. The monoisotopic (exact) mass is 541 g/mol. The van der Waals surface area contributed by atoms with Crippen LogP contribution in [0.1, 0.15) is 66.6 Å². The topological polar surface area (TPSA) is 121 Å². The number of aliphatic hydroxyl groups excluding tert-OH is 1. The molecule has 0 aliphatic carbocycles. The number of carbonyl (C=O) groups is 3. The van der Waals surface area contributed by atoms with Gasteiger partial charge in [-0.1, -0.05) is 19.9 Å². The van der Waals surface area contributed by atoms with Crippen molar-refractivity contribution in [1.82, 2.24) is 14.8 Å². The zero-order chi connectivity index (χ0) is 28.9. The summed E-state index contributed by atoms with van der Waals surface area (Å²) in [5.41, 5.74) is 1.93. The number of ketones is 1. The van der Waals surface area contributed by atoms with Crippen LogP contribution in [0.3, 0.4) is 0 Å². The fraction of sp³-hybridized carbons (Fsp3) is 0.483. The van der Waals surface area contributed by atoms with Gasteiger partial charge in [-0.05, 0) is 64.0 Å². The Balaban J connectivity index is 2.22. The third-order valence-electron chi connectivity index (χ3n) is 7.05. The SMILES string of the molecule is CCOC(=O)c1[nH]c(C)c(C(O)=C2C(=O)C(=O)N(CCN(CC)CC)C2c2ccc(OCC)c(OC)c2)c1C. The van der Waals surface area contributed by atoms with Gasteiger partial charge >= 0.3 is 5.97 Å². The molecule has 2 aromatic rings. The van der Waals surface area contributed by atoms with Crippen LogP contribution >= 0.6 is 0 Å². The average Bonchev–Trinajstić information content (AvgIpc) is 3.36. The summed E-state index contributed by atoms with van der Waals surface area (Å²) in [6.07, 6.45) is 0. The zero-order valence-electron chi connectivity index (χ0n) is 23.8. The molecule has 39 heavy (non-hydrogen) atoms. The number of hydrogen-bond acceptors (Lipinski definition) is 8. The largest absolute Gasteiger partial charge is 0.507 e. The van der Waals surface area contributed by atoms with Crippen molar-refractivity contribution in [3.05, 3.63) is 51.9 Å². The average molecular weight is 542 g/mol. The molecule has 3 rings (SSSR count). The van der Waals surface area contributed by atoms with Crippen LogP contribution in [0.5, 0.6) is 11.5 Å². The number of rotatable bonds is 12. The number of aliphatic hydroxyl groups is 1. The Morgan fingerprint density at radius 2 is 1.77 bits per heavy atom. The Labute approximate surface area is 229 Å². The molecule has 1 aliphatic rings. The lowest BCUT2D eigenvalue weighted by Crippen LogP contribution is -2.38. The smallest absolute Gasteiger partial charge is 0.355 e. The van der Waals surface area contributed by atoms with Crippen LogP contribution in [-0.4, -0.2) is 84.1 Å². The molecule has 10 heteroatoms.